The molecule has 0 bridgehead atoms. The van der Waals surface area contributed by atoms with E-state index in [9.17, 15) is 9.59 Å². The first-order valence-corrected chi connectivity index (χ1v) is 6.89. The van der Waals surface area contributed by atoms with Gasteiger partial charge in [0.15, 0.2) is 0 Å². The third kappa shape index (κ3) is 2.42. The number of H-pyrrole nitrogens is 2. The topological polar surface area (TPSA) is 78.2 Å². The molecule has 0 aliphatic carbocycles. The third-order valence-electron chi connectivity index (χ3n) is 3.63. The maximum atomic E-state index is 12.6. The summed E-state index contributed by atoms with van der Waals surface area (Å²) in [5.74, 6) is 0.319. The van der Waals surface area contributed by atoms with Crippen molar-refractivity contribution in [1.82, 2.24) is 15.1 Å². The van der Waals surface area contributed by atoms with Crippen LogP contribution in [0.3, 0.4) is 0 Å². The van der Waals surface area contributed by atoms with Crippen LogP contribution in [0.15, 0.2) is 23.0 Å². The Hall–Kier alpha value is -2.21. The van der Waals surface area contributed by atoms with Gasteiger partial charge >= 0.3 is 0 Å². The van der Waals surface area contributed by atoms with Crippen LogP contribution in [-0.2, 0) is 13.0 Å². The Balaban J connectivity index is 1.90. The summed E-state index contributed by atoms with van der Waals surface area (Å²) in [5.41, 5.74) is 1.78. The summed E-state index contributed by atoms with van der Waals surface area (Å²) in [4.78, 5) is 25.8. The minimum atomic E-state index is -0.165. The lowest BCUT2D eigenvalue weighted by molar-refractivity contribution is 0.0729. The fourth-order valence-corrected chi connectivity index (χ4v) is 2.70. The van der Waals surface area contributed by atoms with Gasteiger partial charge in [-0.15, -0.1) is 0 Å². The van der Waals surface area contributed by atoms with Crippen LogP contribution in [0.4, 0.5) is 0 Å². The molecule has 0 saturated heterocycles. The van der Waals surface area contributed by atoms with Crippen molar-refractivity contribution >= 4 is 17.5 Å². The minimum Gasteiger partial charge on any atom is -0.496 e. The lowest BCUT2D eigenvalue weighted by Gasteiger charge is -2.26. The number of ether oxygens (including phenoxy) is 1. The molecule has 6 nitrogen and oxygen atoms in total. The smallest absolute Gasteiger partial charge is 0.267 e. The molecule has 1 aromatic carbocycles. The van der Waals surface area contributed by atoms with E-state index >= 15 is 0 Å². The number of carbonyl (C=O) groups is 1. The number of fused-ring (bicyclic) bond motifs is 1. The molecule has 2 N–H and O–H groups in total. The minimum absolute atomic E-state index is 0.113. The van der Waals surface area contributed by atoms with E-state index in [1.807, 2.05) is 0 Å². The van der Waals surface area contributed by atoms with Crippen molar-refractivity contribution < 1.29 is 9.53 Å². The number of rotatable bonds is 2. The first-order chi connectivity index (χ1) is 10.1. The molecule has 1 aliphatic rings. The van der Waals surface area contributed by atoms with Crippen molar-refractivity contribution in [2.75, 3.05) is 13.7 Å². The molecule has 21 heavy (non-hydrogen) atoms. The van der Waals surface area contributed by atoms with Crippen molar-refractivity contribution in [2.24, 2.45) is 0 Å². The predicted molar refractivity (Wildman–Crippen MR) is 77.9 cm³/mol. The summed E-state index contributed by atoms with van der Waals surface area (Å²) in [7, 11) is 1.51. The molecule has 2 aromatic rings. The van der Waals surface area contributed by atoms with Gasteiger partial charge in [-0.05, 0) is 24.6 Å². The number of hydrogen-bond donors (Lipinski definition) is 2. The number of nitrogens with zero attached hydrogens (tertiary/aromatic N) is 1. The Morgan fingerprint density at radius 3 is 2.95 bits per heavy atom. The predicted octanol–water partition coefficient (Wildman–Crippen LogP) is 1.56. The molecule has 1 amide bonds. The van der Waals surface area contributed by atoms with Crippen molar-refractivity contribution in [3.63, 3.8) is 0 Å². The highest BCUT2D eigenvalue weighted by molar-refractivity contribution is 6.31. The van der Waals surface area contributed by atoms with Crippen molar-refractivity contribution in [3.8, 4) is 5.75 Å². The van der Waals surface area contributed by atoms with Gasteiger partial charge in [0.1, 0.15) is 5.75 Å². The zero-order valence-electron chi connectivity index (χ0n) is 11.4. The Labute approximate surface area is 125 Å². The normalized spacial score (nSPS) is 13.9. The molecular formula is C14H14ClN3O3. The second kappa shape index (κ2) is 5.29. The van der Waals surface area contributed by atoms with Crippen LogP contribution in [0.1, 0.15) is 21.6 Å². The molecule has 0 radical (unpaired) electrons. The molecule has 0 unspecified atom stereocenters. The highest BCUT2D eigenvalue weighted by Gasteiger charge is 2.26. The first-order valence-electron chi connectivity index (χ1n) is 6.51. The lowest BCUT2D eigenvalue weighted by Crippen LogP contribution is -2.37. The van der Waals surface area contributed by atoms with Crippen LogP contribution >= 0.6 is 11.6 Å². The summed E-state index contributed by atoms with van der Waals surface area (Å²) < 4.78 is 5.22. The molecule has 0 spiro atoms. The maximum absolute atomic E-state index is 12.6. The van der Waals surface area contributed by atoms with Crippen LogP contribution in [0.25, 0.3) is 0 Å². The van der Waals surface area contributed by atoms with E-state index in [0.29, 0.717) is 35.8 Å². The number of benzene rings is 1. The summed E-state index contributed by atoms with van der Waals surface area (Å²) in [6.45, 7) is 0.852. The highest BCUT2D eigenvalue weighted by atomic mass is 35.5. The first kappa shape index (κ1) is 13.8. The summed E-state index contributed by atoms with van der Waals surface area (Å²) in [5, 5.41) is 5.84. The van der Waals surface area contributed by atoms with Crippen molar-refractivity contribution in [2.45, 2.75) is 13.0 Å². The number of aromatic amines is 2. The SMILES string of the molecule is COc1ccc(Cl)cc1C(=O)N1CCc2c([nH][nH]c2=O)C1. The maximum Gasteiger partial charge on any atom is 0.267 e. The summed E-state index contributed by atoms with van der Waals surface area (Å²) >= 11 is 5.96. The molecular weight excluding hydrogens is 294 g/mol. The summed E-state index contributed by atoms with van der Waals surface area (Å²) in [6, 6.07) is 4.94. The largest absolute Gasteiger partial charge is 0.496 e. The Morgan fingerprint density at radius 2 is 2.19 bits per heavy atom. The zero-order chi connectivity index (χ0) is 15.0. The van der Waals surface area contributed by atoms with E-state index in [0.717, 1.165) is 11.3 Å². The molecule has 0 saturated carbocycles. The van der Waals surface area contributed by atoms with Gasteiger partial charge in [-0.1, -0.05) is 11.6 Å². The van der Waals surface area contributed by atoms with E-state index in [1.54, 1.807) is 23.1 Å². The Bertz CT molecular complexity index is 750. The molecule has 0 fully saturated rings. The van der Waals surface area contributed by atoms with Gasteiger partial charge in [0.25, 0.3) is 11.5 Å². The quantitative estimate of drug-likeness (QED) is 0.884. The number of amides is 1. The van der Waals surface area contributed by atoms with Crippen LogP contribution in [0, 0.1) is 0 Å². The molecule has 2 heterocycles. The van der Waals surface area contributed by atoms with Crippen LogP contribution < -0.4 is 10.3 Å². The fraction of sp³-hybridized carbons (Fsp3) is 0.286. The van der Waals surface area contributed by atoms with Crippen LogP contribution in [-0.4, -0.2) is 34.7 Å². The lowest BCUT2D eigenvalue weighted by atomic mass is 10.1. The van der Waals surface area contributed by atoms with E-state index < -0.39 is 0 Å². The number of methoxy groups -OCH3 is 1. The average molecular weight is 308 g/mol. The molecule has 1 aromatic heterocycles. The third-order valence-corrected chi connectivity index (χ3v) is 3.86. The second-order valence-corrected chi connectivity index (χ2v) is 5.29. The van der Waals surface area contributed by atoms with Crippen molar-refractivity contribution in [1.29, 1.82) is 0 Å². The molecule has 3 rings (SSSR count). The highest BCUT2D eigenvalue weighted by Crippen LogP contribution is 2.25. The molecule has 7 heteroatoms. The van der Waals surface area contributed by atoms with Crippen LogP contribution in [0.5, 0.6) is 5.75 Å². The van der Waals surface area contributed by atoms with Gasteiger partial charge in [-0.25, -0.2) is 0 Å². The van der Waals surface area contributed by atoms with E-state index in [-0.39, 0.29) is 11.5 Å². The van der Waals surface area contributed by atoms with Gasteiger partial charge in [-0.2, -0.15) is 0 Å². The average Bonchev–Trinajstić information content (AvgIpc) is 2.87. The number of carbonyl (C=O) groups excluding carboxylic acids is 1. The van der Waals surface area contributed by atoms with E-state index in [4.69, 9.17) is 16.3 Å². The second-order valence-electron chi connectivity index (χ2n) is 4.86. The van der Waals surface area contributed by atoms with Gasteiger partial charge < -0.3 is 14.7 Å². The van der Waals surface area contributed by atoms with Crippen molar-refractivity contribution in [3.05, 3.63) is 50.4 Å². The van der Waals surface area contributed by atoms with E-state index in [1.165, 1.54) is 7.11 Å². The fourth-order valence-electron chi connectivity index (χ4n) is 2.53. The number of nitrogens with one attached hydrogen (secondary N) is 2. The molecule has 1 aliphatic heterocycles. The Kier molecular flexibility index (Phi) is 3.47. The number of hydrogen-bond acceptors (Lipinski definition) is 3. The summed E-state index contributed by atoms with van der Waals surface area (Å²) in [6.07, 6.45) is 0.531. The monoisotopic (exact) mass is 307 g/mol. The number of aromatic nitrogens is 2. The number of halogens is 1. The van der Waals surface area contributed by atoms with Gasteiger partial charge in [-0.3, -0.25) is 14.7 Å². The van der Waals surface area contributed by atoms with E-state index in [2.05, 4.69) is 10.2 Å². The van der Waals surface area contributed by atoms with Crippen LogP contribution in [0.2, 0.25) is 5.02 Å². The Morgan fingerprint density at radius 1 is 1.38 bits per heavy atom. The zero-order valence-corrected chi connectivity index (χ0v) is 12.2. The molecule has 0 atom stereocenters. The standard InChI is InChI=1S/C14H14ClN3O3/c1-21-12-3-2-8(15)6-10(12)14(20)18-5-4-9-11(7-18)16-17-13(9)19/h2-3,6H,4-5,7H2,1H3,(H2,16,17,19). The van der Waals surface area contributed by atoms with Gasteiger partial charge in [0, 0.05) is 17.1 Å². The van der Waals surface area contributed by atoms with Gasteiger partial charge in [0.05, 0.1) is 24.9 Å². The molecule has 110 valence electrons. The van der Waals surface area contributed by atoms with Gasteiger partial charge in [0.2, 0.25) is 0 Å².